The second-order valence-electron chi connectivity index (χ2n) is 3.18. The second kappa shape index (κ2) is 9.92. The maximum Gasteiger partial charge on any atom is 0.00127 e. The van der Waals surface area contributed by atoms with Crippen LogP contribution in [0.3, 0.4) is 0 Å². The molecule has 0 saturated heterocycles. The number of hydrogen-bond acceptors (Lipinski definition) is 2. The van der Waals surface area contributed by atoms with E-state index in [1.54, 1.807) is 0 Å². The number of nitrogens with one attached hydrogen (secondary N) is 2. The predicted octanol–water partition coefficient (Wildman–Crippen LogP) is 1.62. The van der Waals surface area contributed by atoms with Gasteiger partial charge >= 0.3 is 0 Å². The lowest BCUT2D eigenvalue weighted by atomic mass is 10.3. The van der Waals surface area contributed by atoms with Crippen molar-refractivity contribution in [3.8, 4) is 0 Å². The third-order valence-electron chi connectivity index (χ3n) is 1.02. The largest absolute Gasteiger partial charge is 0.320 e. The van der Waals surface area contributed by atoms with Gasteiger partial charge in [0.25, 0.3) is 0 Å². The Morgan fingerprint density at radius 2 is 1.27 bits per heavy atom. The van der Waals surface area contributed by atoms with Gasteiger partial charge in [-0.3, -0.25) is 0 Å². The van der Waals surface area contributed by atoms with Gasteiger partial charge in [-0.15, -0.1) is 0 Å². The summed E-state index contributed by atoms with van der Waals surface area (Å²) < 4.78 is 0. The molecule has 0 amide bonds. The van der Waals surface area contributed by atoms with Gasteiger partial charge in [-0.2, -0.15) is 0 Å². The average molecular weight is 160 g/mol. The van der Waals surface area contributed by atoms with E-state index in [-0.39, 0.29) is 0 Å². The highest BCUT2D eigenvalue weighted by Crippen LogP contribution is 1.80. The van der Waals surface area contributed by atoms with Crippen LogP contribution in [0, 0.1) is 0 Å². The second-order valence-corrected chi connectivity index (χ2v) is 3.18. The van der Waals surface area contributed by atoms with E-state index >= 15 is 0 Å². The molecule has 0 unspecified atom stereocenters. The number of hydrogen-bond donors (Lipinski definition) is 2. The fourth-order valence-corrected chi connectivity index (χ4v) is 0.667. The van der Waals surface area contributed by atoms with Crippen molar-refractivity contribution in [2.45, 2.75) is 46.7 Å². The van der Waals surface area contributed by atoms with E-state index in [4.69, 9.17) is 0 Å². The summed E-state index contributed by atoms with van der Waals surface area (Å²) in [6.45, 7) is 11.8. The molecule has 0 atom stereocenters. The maximum atomic E-state index is 3.31. The molecule has 0 aromatic rings. The molecule has 0 fully saturated rings. The molecule has 0 aliphatic carbocycles. The van der Waals surface area contributed by atoms with E-state index in [2.05, 4.69) is 45.3 Å². The summed E-state index contributed by atoms with van der Waals surface area (Å²) in [5, 5.41) is 6.24. The molecular weight excluding hydrogens is 136 g/mol. The first kappa shape index (κ1) is 13.5. The van der Waals surface area contributed by atoms with Gasteiger partial charge in [0, 0.05) is 12.1 Å². The quantitative estimate of drug-likeness (QED) is 0.655. The zero-order chi connectivity index (χ0) is 9.28. The van der Waals surface area contributed by atoms with Crippen molar-refractivity contribution in [1.29, 1.82) is 0 Å². The van der Waals surface area contributed by atoms with Crippen molar-refractivity contribution in [1.82, 2.24) is 10.6 Å². The molecule has 0 rings (SSSR count). The summed E-state index contributed by atoms with van der Waals surface area (Å²) in [6, 6.07) is 1.25. The van der Waals surface area contributed by atoms with Crippen molar-refractivity contribution in [3.05, 3.63) is 0 Å². The molecule has 70 valence electrons. The summed E-state index contributed by atoms with van der Waals surface area (Å²) >= 11 is 0. The van der Waals surface area contributed by atoms with Gasteiger partial charge in [-0.25, -0.2) is 0 Å². The van der Waals surface area contributed by atoms with Crippen LogP contribution in [0.15, 0.2) is 0 Å². The first-order valence-electron chi connectivity index (χ1n) is 4.45. The van der Waals surface area contributed by atoms with Crippen LogP contribution >= 0.6 is 0 Å². The van der Waals surface area contributed by atoms with E-state index in [9.17, 15) is 0 Å². The Labute approximate surface area is 71.8 Å². The van der Waals surface area contributed by atoms with E-state index in [1.807, 2.05) is 7.05 Å². The zero-order valence-electron chi connectivity index (χ0n) is 8.86. The minimum absolute atomic E-state index is 0.625. The minimum atomic E-state index is 0.625. The molecule has 11 heavy (non-hydrogen) atoms. The Morgan fingerprint density at radius 1 is 1.00 bits per heavy atom. The molecule has 0 spiro atoms. The van der Waals surface area contributed by atoms with E-state index in [0.29, 0.717) is 12.1 Å². The lowest BCUT2D eigenvalue weighted by molar-refractivity contribution is 0.518. The monoisotopic (exact) mass is 160 g/mol. The Kier molecular flexibility index (Phi) is 12.2. The molecule has 2 heteroatoms. The van der Waals surface area contributed by atoms with Gasteiger partial charge in [-0.1, -0.05) is 34.6 Å². The van der Waals surface area contributed by atoms with Crippen LogP contribution < -0.4 is 10.6 Å². The highest BCUT2D eigenvalue weighted by molar-refractivity contribution is 4.55. The van der Waals surface area contributed by atoms with E-state index in [0.717, 1.165) is 6.54 Å². The molecule has 2 nitrogen and oxygen atoms in total. The maximum absolute atomic E-state index is 3.31. The van der Waals surface area contributed by atoms with Crippen LogP contribution in [0.1, 0.15) is 34.6 Å². The van der Waals surface area contributed by atoms with Crippen LogP contribution in [-0.2, 0) is 0 Å². The smallest absolute Gasteiger partial charge is 0.00127 e. The Hall–Kier alpha value is -0.0800. The van der Waals surface area contributed by atoms with Crippen molar-refractivity contribution < 1.29 is 0 Å². The van der Waals surface area contributed by atoms with Crippen molar-refractivity contribution in [3.63, 3.8) is 0 Å². The Bertz CT molecular complexity index is 52.6. The summed E-state index contributed by atoms with van der Waals surface area (Å²) in [6.07, 6.45) is 0. The highest BCUT2D eigenvalue weighted by atomic mass is 14.9. The Morgan fingerprint density at radius 3 is 1.27 bits per heavy atom. The first-order valence-corrected chi connectivity index (χ1v) is 4.45. The SMILES string of the molecule is CC(C)NC(C)C.CCNC. The minimum Gasteiger partial charge on any atom is -0.320 e. The molecule has 0 bridgehead atoms. The molecule has 0 aliphatic rings. The van der Waals surface area contributed by atoms with E-state index < -0.39 is 0 Å². The average Bonchev–Trinajstić information content (AvgIpc) is 1.85. The van der Waals surface area contributed by atoms with Crippen LogP contribution in [0.25, 0.3) is 0 Å². The van der Waals surface area contributed by atoms with Crippen LogP contribution in [-0.4, -0.2) is 25.7 Å². The first-order chi connectivity index (χ1) is 5.04. The molecular formula is C9H24N2. The normalized spacial score (nSPS) is 9.82. The van der Waals surface area contributed by atoms with E-state index in [1.165, 1.54) is 0 Å². The zero-order valence-corrected chi connectivity index (χ0v) is 8.86. The Balaban J connectivity index is 0. The molecule has 0 aliphatic heterocycles. The summed E-state index contributed by atoms with van der Waals surface area (Å²) in [4.78, 5) is 0. The van der Waals surface area contributed by atoms with Gasteiger partial charge in [0.15, 0.2) is 0 Å². The molecule has 0 aromatic carbocycles. The predicted molar refractivity (Wildman–Crippen MR) is 53.0 cm³/mol. The molecule has 0 aromatic heterocycles. The van der Waals surface area contributed by atoms with Gasteiger partial charge < -0.3 is 10.6 Å². The highest BCUT2D eigenvalue weighted by Gasteiger charge is 1.92. The van der Waals surface area contributed by atoms with Crippen molar-refractivity contribution in [2.24, 2.45) is 0 Å². The summed E-state index contributed by atoms with van der Waals surface area (Å²) in [7, 11) is 1.93. The summed E-state index contributed by atoms with van der Waals surface area (Å²) in [5.41, 5.74) is 0. The van der Waals surface area contributed by atoms with Gasteiger partial charge in [-0.05, 0) is 13.6 Å². The summed E-state index contributed by atoms with van der Waals surface area (Å²) in [5.74, 6) is 0. The lowest BCUT2D eigenvalue weighted by Gasteiger charge is -2.10. The fourth-order valence-electron chi connectivity index (χ4n) is 0.667. The van der Waals surface area contributed by atoms with Gasteiger partial charge in [0.1, 0.15) is 0 Å². The standard InChI is InChI=1S/C6H15N.C3H9N/c1-5(2)7-6(3)4;1-3-4-2/h5-7H,1-4H3;4H,3H2,1-2H3. The van der Waals surface area contributed by atoms with Crippen LogP contribution in [0.4, 0.5) is 0 Å². The van der Waals surface area contributed by atoms with Gasteiger partial charge in [0.2, 0.25) is 0 Å². The third-order valence-corrected chi connectivity index (χ3v) is 1.02. The van der Waals surface area contributed by atoms with Crippen LogP contribution in [0.2, 0.25) is 0 Å². The molecule has 2 N–H and O–H groups in total. The van der Waals surface area contributed by atoms with Gasteiger partial charge in [0.05, 0.1) is 0 Å². The van der Waals surface area contributed by atoms with Crippen molar-refractivity contribution in [2.75, 3.05) is 13.6 Å². The molecule has 0 saturated carbocycles. The van der Waals surface area contributed by atoms with Crippen LogP contribution in [0.5, 0.6) is 0 Å². The fraction of sp³-hybridized carbons (Fsp3) is 1.00. The molecule has 0 radical (unpaired) electrons. The number of rotatable bonds is 3. The third kappa shape index (κ3) is 25.7. The lowest BCUT2D eigenvalue weighted by Crippen LogP contribution is -2.29. The molecule has 0 heterocycles. The van der Waals surface area contributed by atoms with Crippen molar-refractivity contribution >= 4 is 0 Å². The topological polar surface area (TPSA) is 24.1 Å².